The molecule has 6 heteroatoms. The zero-order valence-electron chi connectivity index (χ0n) is 14.9. The molecule has 4 saturated carbocycles. The summed E-state index contributed by atoms with van der Waals surface area (Å²) in [5.74, 6) is 2.45. The van der Waals surface area contributed by atoms with E-state index in [2.05, 4.69) is 16.0 Å². The van der Waals surface area contributed by atoms with Gasteiger partial charge in [-0.25, -0.2) is 0 Å². The van der Waals surface area contributed by atoms with Gasteiger partial charge in [-0.05, 0) is 61.7 Å². The second-order valence-corrected chi connectivity index (χ2v) is 9.16. The Balaban J connectivity index is 1.20. The van der Waals surface area contributed by atoms with E-state index in [1.165, 1.54) is 38.5 Å². The molecule has 2 atom stereocenters. The number of nitrogens with one attached hydrogen (secondary N) is 3. The molecule has 5 rings (SSSR count). The quantitative estimate of drug-likeness (QED) is 0.559. The molecular weight excluding hydrogens is 318 g/mol. The van der Waals surface area contributed by atoms with Crippen LogP contribution in [0.1, 0.15) is 44.9 Å². The highest BCUT2D eigenvalue weighted by Crippen LogP contribution is 2.61. The molecule has 1 aliphatic heterocycles. The topological polar surface area (TPSA) is 90.5 Å². The number of aliphatic hydroxyl groups is 1. The van der Waals surface area contributed by atoms with Crippen LogP contribution in [0.5, 0.6) is 0 Å². The Labute approximate surface area is 149 Å². The van der Waals surface area contributed by atoms with Gasteiger partial charge in [-0.3, -0.25) is 9.59 Å². The molecule has 4 aliphatic carbocycles. The van der Waals surface area contributed by atoms with E-state index < -0.39 is 6.10 Å². The number of β-amino-alcohol motifs (C(OH)–C–C–N with tert-alkyl or cyclic N) is 1. The van der Waals surface area contributed by atoms with Crippen molar-refractivity contribution in [1.82, 2.24) is 16.0 Å². The Kier molecular flexibility index (Phi) is 4.75. The number of aliphatic hydroxyl groups excluding tert-OH is 1. The van der Waals surface area contributed by atoms with Crippen LogP contribution in [0.2, 0.25) is 0 Å². The SMILES string of the molecule is O=C(CNC(=O)CC12CC3CC(CC(C3)C1)C2)NC[C@H]1CNC[C@H]1O. The number of carbonyl (C=O) groups excluding carboxylic acids is 2. The van der Waals surface area contributed by atoms with Crippen LogP contribution in [0.25, 0.3) is 0 Å². The number of carbonyl (C=O) groups is 2. The minimum atomic E-state index is -0.397. The number of hydrogen-bond acceptors (Lipinski definition) is 4. The predicted molar refractivity (Wildman–Crippen MR) is 93.6 cm³/mol. The highest BCUT2D eigenvalue weighted by molar-refractivity contribution is 5.84. The molecule has 4 N–H and O–H groups in total. The van der Waals surface area contributed by atoms with E-state index in [1.54, 1.807) is 0 Å². The van der Waals surface area contributed by atoms with Crippen LogP contribution >= 0.6 is 0 Å². The van der Waals surface area contributed by atoms with Gasteiger partial charge >= 0.3 is 0 Å². The summed E-state index contributed by atoms with van der Waals surface area (Å²) in [6, 6.07) is 0. The number of hydrogen-bond donors (Lipinski definition) is 4. The minimum Gasteiger partial charge on any atom is -0.391 e. The van der Waals surface area contributed by atoms with Gasteiger partial charge in [0, 0.05) is 32.0 Å². The van der Waals surface area contributed by atoms with Crippen molar-refractivity contribution in [2.75, 3.05) is 26.2 Å². The van der Waals surface area contributed by atoms with E-state index in [1.807, 2.05) is 0 Å². The summed E-state index contributed by atoms with van der Waals surface area (Å²) in [7, 11) is 0. The van der Waals surface area contributed by atoms with Gasteiger partial charge in [-0.2, -0.15) is 0 Å². The summed E-state index contributed by atoms with van der Waals surface area (Å²) in [4.78, 5) is 24.4. The molecule has 0 unspecified atom stereocenters. The van der Waals surface area contributed by atoms with Gasteiger partial charge in [0.1, 0.15) is 0 Å². The van der Waals surface area contributed by atoms with Crippen LogP contribution in [0.4, 0.5) is 0 Å². The highest BCUT2D eigenvalue weighted by Gasteiger charge is 2.51. The number of amides is 2. The molecule has 6 nitrogen and oxygen atoms in total. The summed E-state index contributed by atoms with van der Waals surface area (Å²) in [5.41, 5.74) is 0.217. The van der Waals surface area contributed by atoms with Crippen molar-refractivity contribution >= 4 is 11.8 Å². The first-order valence-electron chi connectivity index (χ1n) is 9.93. The molecule has 5 fully saturated rings. The van der Waals surface area contributed by atoms with Gasteiger partial charge in [-0.1, -0.05) is 0 Å². The maximum absolute atomic E-state index is 12.4. The molecular formula is C19H31N3O3. The predicted octanol–water partition coefficient (Wildman–Crippen LogP) is 0.406. The third-order valence-corrected chi connectivity index (χ3v) is 7.01. The van der Waals surface area contributed by atoms with Crippen LogP contribution < -0.4 is 16.0 Å². The fourth-order valence-electron chi connectivity index (χ4n) is 6.32. The Hall–Kier alpha value is -1.14. The van der Waals surface area contributed by atoms with Gasteiger partial charge in [0.05, 0.1) is 12.6 Å². The van der Waals surface area contributed by atoms with Crippen LogP contribution in [-0.4, -0.2) is 49.2 Å². The second-order valence-electron chi connectivity index (χ2n) is 9.16. The van der Waals surface area contributed by atoms with Crippen LogP contribution in [0.15, 0.2) is 0 Å². The lowest BCUT2D eigenvalue weighted by atomic mass is 9.49. The third kappa shape index (κ3) is 3.85. The summed E-state index contributed by atoms with van der Waals surface area (Å²) in [5, 5.41) is 18.5. The van der Waals surface area contributed by atoms with E-state index in [0.717, 1.165) is 24.3 Å². The maximum Gasteiger partial charge on any atom is 0.239 e. The van der Waals surface area contributed by atoms with Crippen LogP contribution in [0.3, 0.4) is 0 Å². The van der Waals surface area contributed by atoms with Crippen molar-refractivity contribution in [3.8, 4) is 0 Å². The van der Waals surface area contributed by atoms with Crippen molar-refractivity contribution in [3.63, 3.8) is 0 Å². The van der Waals surface area contributed by atoms with Gasteiger partial charge in [0.2, 0.25) is 11.8 Å². The molecule has 0 spiro atoms. The Morgan fingerprint density at radius 3 is 2.16 bits per heavy atom. The lowest BCUT2D eigenvalue weighted by molar-refractivity contribution is -0.132. The van der Waals surface area contributed by atoms with Gasteiger partial charge in [0.15, 0.2) is 0 Å². The van der Waals surface area contributed by atoms with E-state index in [0.29, 0.717) is 19.5 Å². The molecule has 0 aromatic heterocycles. The van der Waals surface area contributed by atoms with Gasteiger partial charge in [0.25, 0.3) is 0 Å². The first-order valence-corrected chi connectivity index (χ1v) is 9.93. The van der Waals surface area contributed by atoms with Crippen molar-refractivity contribution in [3.05, 3.63) is 0 Å². The molecule has 2 amide bonds. The van der Waals surface area contributed by atoms with Gasteiger partial charge < -0.3 is 21.1 Å². The van der Waals surface area contributed by atoms with Crippen molar-refractivity contribution in [2.24, 2.45) is 29.1 Å². The normalized spacial score (nSPS) is 41.7. The largest absolute Gasteiger partial charge is 0.391 e. The average molecular weight is 349 g/mol. The first-order chi connectivity index (χ1) is 12.0. The summed E-state index contributed by atoms with van der Waals surface area (Å²) in [6.45, 7) is 1.81. The highest BCUT2D eigenvalue weighted by atomic mass is 16.3. The minimum absolute atomic E-state index is 0.0275. The van der Waals surface area contributed by atoms with Crippen molar-refractivity contribution < 1.29 is 14.7 Å². The van der Waals surface area contributed by atoms with Crippen molar-refractivity contribution in [2.45, 2.75) is 51.0 Å². The zero-order valence-corrected chi connectivity index (χ0v) is 14.9. The Morgan fingerprint density at radius 2 is 1.60 bits per heavy atom. The zero-order chi connectivity index (χ0) is 17.4. The van der Waals surface area contributed by atoms with Crippen LogP contribution in [-0.2, 0) is 9.59 Å². The van der Waals surface area contributed by atoms with Crippen molar-refractivity contribution in [1.29, 1.82) is 0 Å². The van der Waals surface area contributed by atoms with Crippen LogP contribution in [0, 0.1) is 29.1 Å². The smallest absolute Gasteiger partial charge is 0.239 e. The Morgan fingerprint density at radius 1 is 0.960 bits per heavy atom. The molecule has 25 heavy (non-hydrogen) atoms. The molecule has 5 aliphatic rings. The standard InChI is InChI=1S/C19H31N3O3/c23-16-10-20-8-15(16)9-21-18(25)11-22-17(24)7-19-4-12-1-13(5-19)3-14(2-12)6-19/h12-16,20,23H,1-11H2,(H,21,25)(H,22,24)/t12?,13?,14?,15-,16-,19?/m1/s1. The fraction of sp³-hybridized carbons (Fsp3) is 0.895. The fourth-order valence-corrected chi connectivity index (χ4v) is 6.32. The molecule has 0 aromatic carbocycles. The average Bonchev–Trinajstić information content (AvgIpc) is 2.94. The van der Waals surface area contributed by atoms with E-state index >= 15 is 0 Å². The first kappa shape index (κ1) is 17.3. The third-order valence-electron chi connectivity index (χ3n) is 7.01. The summed E-state index contributed by atoms with van der Waals surface area (Å²) in [6.07, 6.45) is 7.98. The maximum atomic E-state index is 12.4. The molecule has 0 aromatic rings. The lowest BCUT2D eigenvalue weighted by Gasteiger charge is -2.56. The second kappa shape index (κ2) is 6.88. The van der Waals surface area contributed by atoms with E-state index in [-0.39, 0.29) is 29.7 Å². The number of rotatable bonds is 6. The molecule has 1 heterocycles. The molecule has 140 valence electrons. The van der Waals surface area contributed by atoms with E-state index in [4.69, 9.17) is 0 Å². The van der Waals surface area contributed by atoms with Gasteiger partial charge in [-0.15, -0.1) is 0 Å². The van der Waals surface area contributed by atoms with E-state index in [9.17, 15) is 14.7 Å². The summed E-state index contributed by atoms with van der Waals surface area (Å²) >= 11 is 0. The lowest BCUT2D eigenvalue weighted by Crippen LogP contribution is -2.48. The molecule has 4 bridgehead atoms. The monoisotopic (exact) mass is 349 g/mol. The summed E-state index contributed by atoms with van der Waals surface area (Å²) < 4.78 is 0. The molecule has 0 radical (unpaired) electrons. The Bertz CT molecular complexity index is 501. The molecule has 1 saturated heterocycles.